The van der Waals surface area contributed by atoms with Crippen molar-refractivity contribution in [2.75, 3.05) is 5.73 Å². The van der Waals surface area contributed by atoms with E-state index in [9.17, 15) is 15.4 Å². The van der Waals surface area contributed by atoms with Gasteiger partial charge in [0, 0.05) is 21.7 Å². The lowest BCUT2D eigenvalue weighted by molar-refractivity contribution is -0.384. The number of halogens is 2. The number of nitrogens with zero attached hydrogens (tertiary/aromatic N) is 3. The number of pyridine rings is 1. The second-order valence-electron chi connectivity index (χ2n) is 5.33. The Kier molecular flexibility index (Phi) is 4.89. The van der Waals surface area contributed by atoms with Crippen molar-refractivity contribution in [3.8, 4) is 28.5 Å². The third-order valence-corrected chi connectivity index (χ3v) is 4.77. The number of hydrogen-bond donors (Lipinski definition) is 1. The summed E-state index contributed by atoms with van der Waals surface area (Å²) < 4.78 is 0.810. The Labute approximate surface area is 162 Å². The summed E-state index contributed by atoms with van der Waals surface area (Å²) in [6, 6.07) is 15.5. The van der Waals surface area contributed by atoms with Crippen LogP contribution in [0.3, 0.4) is 0 Å². The summed E-state index contributed by atoms with van der Waals surface area (Å²) in [6.45, 7) is 0. The highest BCUT2D eigenvalue weighted by molar-refractivity contribution is 9.10. The highest BCUT2D eigenvalue weighted by Gasteiger charge is 2.18. The Hall–Kier alpha value is -2.95. The fraction of sp³-hybridized carbons (Fsp3) is 0. The molecule has 0 saturated carbocycles. The van der Waals surface area contributed by atoms with Crippen molar-refractivity contribution in [3.63, 3.8) is 0 Å². The Bertz CT molecular complexity index is 1080. The van der Waals surface area contributed by atoms with Gasteiger partial charge in [-0.3, -0.25) is 10.1 Å². The van der Waals surface area contributed by atoms with E-state index in [2.05, 4.69) is 20.9 Å². The third kappa shape index (κ3) is 3.25. The van der Waals surface area contributed by atoms with Crippen LogP contribution < -0.4 is 5.73 Å². The average Bonchev–Trinajstić information content (AvgIpc) is 2.61. The quantitative estimate of drug-likeness (QED) is 0.455. The minimum Gasteiger partial charge on any atom is -0.383 e. The van der Waals surface area contributed by atoms with E-state index in [1.807, 2.05) is 30.3 Å². The summed E-state index contributed by atoms with van der Waals surface area (Å²) in [5.41, 5.74) is 8.12. The monoisotopic (exact) mass is 428 g/mol. The molecule has 0 saturated heterocycles. The van der Waals surface area contributed by atoms with Crippen molar-refractivity contribution >= 4 is 39.0 Å². The van der Waals surface area contributed by atoms with Gasteiger partial charge in [0.15, 0.2) is 0 Å². The SMILES string of the molecule is N#Cc1c(-c2ccc(Cl)c([N+](=O)[O-])c2)cc(-c2ccccc2Br)nc1N. The Balaban J connectivity index is 2.28. The molecule has 0 atom stereocenters. The van der Waals surface area contributed by atoms with Crippen molar-refractivity contribution < 1.29 is 4.92 Å². The van der Waals surface area contributed by atoms with Gasteiger partial charge in [-0.2, -0.15) is 5.26 Å². The predicted molar refractivity (Wildman–Crippen MR) is 104 cm³/mol. The van der Waals surface area contributed by atoms with Gasteiger partial charge in [-0.25, -0.2) is 4.98 Å². The Morgan fingerprint density at radius 3 is 2.58 bits per heavy atom. The van der Waals surface area contributed by atoms with Crippen molar-refractivity contribution in [2.45, 2.75) is 0 Å². The number of anilines is 1. The number of nitrogens with two attached hydrogens (primary N) is 1. The highest BCUT2D eigenvalue weighted by atomic mass is 79.9. The molecule has 6 nitrogen and oxygen atoms in total. The van der Waals surface area contributed by atoms with Gasteiger partial charge >= 0.3 is 0 Å². The van der Waals surface area contributed by atoms with Crippen molar-refractivity contribution in [3.05, 3.63) is 73.7 Å². The Morgan fingerprint density at radius 1 is 1.19 bits per heavy atom. The van der Waals surface area contributed by atoms with Gasteiger partial charge in [-0.1, -0.05) is 51.8 Å². The largest absolute Gasteiger partial charge is 0.383 e. The molecule has 0 bridgehead atoms. The van der Waals surface area contributed by atoms with Gasteiger partial charge in [0.2, 0.25) is 0 Å². The molecule has 26 heavy (non-hydrogen) atoms. The van der Waals surface area contributed by atoms with Crippen LogP contribution in [0.1, 0.15) is 5.56 Å². The first-order chi connectivity index (χ1) is 12.4. The molecule has 8 heteroatoms. The van der Waals surface area contributed by atoms with Crippen LogP contribution >= 0.6 is 27.5 Å². The zero-order valence-electron chi connectivity index (χ0n) is 13.1. The molecule has 0 spiro atoms. The van der Waals surface area contributed by atoms with E-state index in [0.29, 0.717) is 16.8 Å². The van der Waals surface area contributed by atoms with Crippen LogP contribution in [-0.2, 0) is 0 Å². The number of benzene rings is 2. The molecule has 3 aromatic rings. The zero-order valence-corrected chi connectivity index (χ0v) is 15.5. The fourth-order valence-electron chi connectivity index (χ4n) is 2.54. The smallest absolute Gasteiger partial charge is 0.288 e. The predicted octanol–water partition coefficient (Wildman–Crippen LogP) is 5.19. The molecule has 2 aromatic carbocycles. The molecule has 0 aliphatic rings. The first-order valence-corrected chi connectivity index (χ1v) is 8.49. The van der Waals surface area contributed by atoms with Crippen LogP contribution in [0.2, 0.25) is 5.02 Å². The maximum atomic E-state index is 11.2. The van der Waals surface area contributed by atoms with Gasteiger partial charge in [0.05, 0.1) is 10.6 Å². The lowest BCUT2D eigenvalue weighted by atomic mass is 9.98. The molecular formula is C18H10BrClN4O2. The number of hydrogen-bond acceptors (Lipinski definition) is 5. The molecule has 3 rings (SSSR count). The Morgan fingerprint density at radius 2 is 1.92 bits per heavy atom. The summed E-state index contributed by atoms with van der Waals surface area (Å²) >= 11 is 9.34. The van der Waals surface area contributed by atoms with Gasteiger partial charge in [0.25, 0.3) is 5.69 Å². The third-order valence-electron chi connectivity index (χ3n) is 3.76. The van der Waals surface area contributed by atoms with Crippen LogP contribution in [0.25, 0.3) is 22.4 Å². The summed E-state index contributed by atoms with van der Waals surface area (Å²) in [5.74, 6) is 0.0494. The molecule has 0 radical (unpaired) electrons. The second kappa shape index (κ2) is 7.12. The zero-order chi connectivity index (χ0) is 18.8. The van der Waals surface area contributed by atoms with Gasteiger partial charge in [-0.05, 0) is 23.8 Å². The molecule has 0 aliphatic carbocycles. The van der Waals surface area contributed by atoms with Crippen LogP contribution in [0.4, 0.5) is 11.5 Å². The number of nitrogen functional groups attached to an aromatic ring is 1. The number of nitro benzene ring substituents is 1. The highest BCUT2D eigenvalue weighted by Crippen LogP contribution is 2.36. The summed E-state index contributed by atoms with van der Waals surface area (Å²) in [5, 5.41) is 20.7. The topological polar surface area (TPSA) is 106 Å². The average molecular weight is 430 g/mol. The minimum atomic E-state index is -0.572. The van der Waals surface area contributed by atoms with Crippen LogP contribution in [-0.4, -0.2) is 9.91 Å². The fourth-order valence-corrected chi connectivity index (χ4v) is 3.21. The van der Waals surface area contributed by atoms with Crippen LogP contribution in [0.15, 0.2) is 53.0 Å². The van der Waals surface area contributed by atoms with Crippen molar-refractivity contribution in [2.24, 2.45) is 0 Å². The van der Waals surface area contributed by atoms with E-state index in [-0.39, 0.29) is 22.1 Å². The summed E-state index contributed by atoms with van der Waals surface area (Å²) in [6.07, 6.45) is 0. The number of nitriles is 1. The number of nitro groups is 1. The number of aromatic nitrogens is 1. The number of rotatable bonds is 3. The molecule has 0 aliphatic heterocycles. The molecular weight excluding hydrogens is 420 g/mol. The molecule has 128 valence electrons. The van der Waals surface area contributed by atoms with E-state index in [4.69, 9.17) is 17.3 Å². The lowest BCUT2D eigenvalue weighted by Crippen LogP contribution is -2.00. The van der Waals surface area contributed by atoms with Crippen LogP contribution in [0, 0.1) is 21.4 Å². The first-order valence-electron chi connectivity index (χ1n) is 7.32. The van der Waals surface area contributed by atoms with E-state index >= 15 is 0 Å². The second-order valence-corrected chi connectivity index (χ2v) is 6.59. The lowest BCUT2D eigenvalue weighted by Gasteiger charge is -2.11. The van der Waals surface area contributed by atoms with E-state index < -0.39 is 4.92 Å². The summed E-state index contributed by atoms with van der Waals surface area (Å²) in [4.78, 5) is 14.9. The molecule has 1 heterocycles. The standard InChI is InChI=1S/C18H10BrClN4O2/c19-14-4-2-1-3-11(14)16-8-12(13(9-21)18(22)23-16)10-5-6-15(20)17(7-10)24(25)26/h1-8H,(H2,22,23). The van der Waals surface area contributed by atoms with Crippen LogP contribution in [0.5, 0.6) is 0 Å². The van der Waals surface area contributed by atoms with Gasteiger partial charge in [-0.15, -0.1) is 0 Å². The maximum absolute atomic E-state index is 11.2. The maximum Gasteiger partial charge on any atom is 0.288 e. The van der Waals surface area contributed by atoms with E-state index in [1.54, 1.807) is 12.1 Å². The van der Waals surface area contributed by atoms with E-state index in [1.165, 1.54) is 12.1 Å². The van der Waals surface area contributed by atoms with E-state index in [0.717, 1.165) is 10.0 Å². The summed E-state index contributed by atoms with van der Waals surface area (Å²) in [7, 11) is 0. The molecule has 0 unspecified atom stereocenters. The van der Waals surface area contributed by atoms with Gasteiger partial charge < -0.3 is 5.73 Å². The van der Waals surface area contributed by atoms with Crippen molar-refractivity contribution in [1.82, 2.24) is 4.98 Å². The molecule has 0 amide bonds. The van der Waals surface area contributed by atoms with Crippen molar-refractivity contribution in [1.29, 1.82) is 5.26 Å². The first kappa shape index (κ1) is 17.9. The normalized spacial score (nSPS) is 10.3. The molecule has 1 aromatic heterocycles. The minimum absolute atomic E-state index is 0.0188. The van der Waals surface area contributed by atoms with Gasteiger partial charge in [0.1, 0.15) is 22.5 Å². The molecule has 0 fully saturated rings. The molecule has 2 N–H and O–H groups in total.